The maximum absolute atomic E-state index is 6.58. The number of hydrogen-bond acceptors (Lipinski definition) is 2. The quantitative estimate of drug-likeness (QED) is 0.848. The van der Waals surface area contributed by atoms with Crippen LogP contribution < -0.4 is 10.6 Å². The average molecular weight is 232 g/mol. The number of nitrogens with two attached hydrogens (primary N) is 1. The van der Waals surface area contributed by atoms with Gasteiger partial charge in [0.2, 0.25) is 0 Å². The molecule has 0 radical (unpaired) electrons. The molecular formula is C15H24N2. The van der Waals surface area contributed by atoms with Crippen molar-refractivity contribution in [2.45, 2.75) is 39.3 Å². The van der Waals surface area contributed by atoms with Gasteiger partial charge < -0.3 is 10.6 Å². The molecule has 1 aliphatic heterocycles. The minimum atomic E-state index is 0.0314. The van der Waals surface area contributed by atoms with Gasteiger partial charge in [-0.1, -0.05) is 45.9 Å². The average Bonchev–Trinajstić information content (AvgIpc) is 2.50. The fourth-order valence-electron chi connectivity index (χ4n) is 3.88. The van der Waals surface area contributed by atoms with Crippen molar-refractivity contribution < 1.29 is 0 Å². The molecule has 0 fully saturated rings. The summed E-state index contributed by atoms with van der Waals surface area (Å²) in [6, 6.07) is 8.64. The number of likely N-dealkylation sites (N-methyl/N-ethyl adjacent to an activating group) is 1. The fourth-order valence-corrected chi connectivity index (χ4v) is 3.88. The molecule has 0 spiro atoms. The Bertz CT molecular complexity index is 370. The zero-order valence-electron chi connectivity index (χ0n) is 11.6. The number of hydrogen-bond donors (Lipinski definition) is 1. The third-order valence-electron chi connectivity index (χ3n) is 4.56. The Labute approximate surface area is 105 Å². The van der Waals surface area contributed by atoms with Crippen LogP contribution in [0.1, 0.15) is 39.3 Å². The van der Waals surface area contributed by atoms with Gasteiger partial charge in [-0.2, -0.15) is 0 Å². The first kappa shape index (κ1) is 12.4. The largest absolute Gasteiger partial charge is 0.366 e. The standard InChI is InChI=1S/C15H24N2/c1-10(2)15(11(3)4)14(16)12-8-6-7-9-13(12)17(15)5/h6-11,14H,16H2,1-5H3/t14-/m1/s1. The van der Waals surface area contributed by atoms with Crippen LogP contribution in [-0.2, 0) is 0 Å². The van der Waals surface area contributed by atoms with Crippen molar-refractivity contribution in [2.24, 2.45) is 17.6 Å². The lowest BCUT2D eigenvalue weighted by molar-refractivity contribution is 0.187. The highest BCUT2D eigenvalue weighted by Crippen LogP contribution is 2.51. The maximum Gasteiger partial charge on any atom is 0.0637 e. The van der Waals surface area contributed by atoms with Crippen LogP contribution in [0.4, 0.5) is 5.69 Å². The summed E-state index contributed by atoms with van der Waals surface area (Å²) in [6.07, 6.45) is 0. The Morgan fingerprint density at radius 1 is 1.12 bits per heavy atom. The van der Waals surface area contributed by atoms with Gasteiger partial charge in [-0.05, 0) is 23.5 Å². The molecule has 2 N–H and O–H groups in total. The van der Waals surface area contributed by atoms with Crippen LogP contribution in [0.3, 0.4) is 0 Å². The summed E-state index contributed by atoms with van der Waals surface area (Å²) in [4.78, 5) is 2.41. The maximum atomic E-state index is 6.58. The smallest absolute Gasteiger partial charge is 0.0637 e. The third-order valence-corrected chi connectivity index (χ3v) is 4.56. The number of anilines is 1. The second-order valence-electron chi connectivity index (χ2n) is 5.79. The van der Waals surface area contributed by atoms with E-state index in [4.69, 9.17) is 5.73 Å². The van der Waals surface area contributed by atoms with Gasteiger partial charge in [0.25, 0.3) is 0 Å². The predicted octanol–water partition coefficient (Wildman–Crippen LogP) is 3.19. The van der Waals surface area contributed by atoms with Crippen LogP contribution >= 0.6 is 0 Å². The lowest BCUT2D eigenvalue weighted by atomic mass is 9.71. The van der Waals surface area contributed by atoms with Crippen molar-refractivity contribution in [2.75, 3.05) is 11.9 Å². The van der Waals surface area contributed by atoms with Crippen LogP contribution in [0, 0.1) is 11.8 Å². The van der Waals surface area contributed by atoms with Gasteiger partial charge in [0.15, 0.2) is 0 Å². The molecule has 0 unspecified atom stereocenters. The molecule has 2 heteroatoms. The summed E-state index contributed by atoms with van der Waals surface area (Å²) in [5.74, 6) is 1.05. The van der Waals surface area contributed by atoms with Crippen molar-refractivity contribution in [1.82, 2.24) is 0 Å². The highest BCUT2D eigenvalue weighted by Gasteiger charge is 2.52. The molecule has 94 valence electrons. The summed E-state index contributed by atoms with van der Waals surface area (Å²) < 4.78 is 0. The van der Waals surface area contributed by atoms with E-state index in [1.807, 2.05) is 0 Å². The zero-order chi connectivity index (χ0) is 12.8. The normalized spacial score (nSPS) is 22.4. The lowest BCUT2D eigenvalue weighted by Crippen LogP contribution is -2.57. The first-order valence-electron chi connectivity index (χ1n) is 6.52. The van der Waals surface area contributed by atoms with Crippen LogP contribution in [0.15, 0.2) is 24.3 Å². The highest BCUT2D eigenvalue weighted by molar-refractivity contribution is 5.63. The molecule has 0 aromatic heterocycles. The van der Waals surface area contributed by atoms with Crippen molar-refractivity contribution >= 4 is 5.69 Å². The Morgan fingerprint density at radius 3 is 2.12 bits per heavy atom. The van der Waals surface area contributed by atoms with E-state index in [0.717, 1.165) is 0 Å². The van der Waals surface area contributed by atoms with Gasteiger partial charge in [-0.3, -0.25) is 0 Å². The molecule has 1 aromatic carbocycles. The zero-order valence-corrected chi connectivity index (χ0v) is 11.6. The molecule has 0 bridgehead atoms. The highest BCUT2D eigenvalue weighted by atomic mass is 15.2. The van der Waals surface area contributed by atoms with E-state index in [1.165, 1.54) is 11.3 Å². The summed E-state index contributed by atoms with van der Waals surface area (Å²) in [6.45, 7) is 9.12. The van der Waals surface area contributed by atoms with E-state index in [1.54, 1.807) is 0 Å². The van der Waals surface area contributed by atoms with E-state index in [0.29, 0.717) is 11.8 Å². The lowest BCUT2D eigenvalue weighted by Gasteiger charge is -2.47. The Morgan fingerprint density at radius 2 is 1.65 bits per heavy atom. The molecule has 0 saturated heterocycles. The number of rotatable bonds is 2. The van der Waals surface area contributed by atoms with Crippen molar-refractivity contribution in [1.29, 1.82) is 0 Å². The van der Waals surface area contributed by atoms with Crippen molar-refractivity contribution in [3.8, 4) is 0 Å². The third kappa shape index (κ3) is 1.43. The van der Waals surface area contributed by atoms with E-state index in [2.05, 4.69) is 63.9 Å². The molecular weight excluding hydrogens is 208 g/mol. The first-order chi connectivity index (χ1) is 7.94. The van der Waals surface area contributed by atoms with Gasteiger partial charge in [-0.15, -0.1) is 0 Å². The van der Waals surface area contributed by atoms with Gasteiger partial charge in [0, 0.05) is 12.7 Å². The van der Waals surface area contributed by atoms with Crippen molar-refractivity contribution in [3.63, 3.8) is 0 Å². The van der Waals surface area contributed by atoms with E-state index in [9.17, 15) is 0 Å². The summed E-state index contributed by atoms with van der Waals surface area (Å²) in [7, 11) is 2.19. The molecule has 2 nitrogen and oxygen atoms in total. The Balaban J connectivity index is 2.60. The van der Waals surface area contributed by atoms with Crippen LogP contribution in [-0.4, -0.2) is 12.6 Å². The van der Waals surface area contributed by atoms with Crippen LogP contribution in [0.5, 0.6) is 0 Å². The number of fused-ring (bicyclic) bond motifs is 1. The molecule has 1 atom stereocenters. The van der Waals surface area contributed by atoms with Gasteiger partial charge in [0.05, 0.1) is 11.6 Å². The van der Waals surface area contributed by atoms with Gasteiger partial charge in [0.1, 0.15) is 0 Å². The summed E-state index contributed by atoms with van der Waals surface area (Å²) in [5, 5.41) is 0. The molecule has 0 amide bonds. The predicted molar refractivity (Wildman–Crippen MR) is 74.2 cm³/mol. The second-order valence-corrected chi connectivity index (χ2v) is 5.79. The second kappa shape index (κ2) is 4.02. The number of benzene rings is 1. The molecule has 17 heavy (non-hydrogen) atoms. The summed E-state index contributed by atoms with van der Waals surface area (Å²) in [5.41, 5.74) is 9.19. The van der Waals surface area contributed by atoms with E-state index >= 15 is 0 Å². The monoisotopic (exact) mass is 232 g/mol. The van der Waals surface area contributed by atoms with Crippen molar-refractivity contribution in [3.05, 3.63) is 29.8 Å². The number of para-hydroxylation sites is 1. The minimum absolute atomic E-state index is 0.0314. The van der Waals surface area contributed by atoms with Crippen LogP contribution in [0.25, 0.3) is 0 Å². The molecule has 1 heterocycles. The molecule has 0 saturated carbocycles. The number of nitrogens with zero attached hydrogens (tertiary/aromatic N) is 1. The summed E-state index contributed by atoms with van der Waals surface area (Å²) >= 11 is 0. The molecule has 1 aliphatic rings. The van der Waals surface area contributed by atoms with E-state index in [-0.39, 0.29) is 11.6 Å². The van der Waals surface area contributed by atoms with Crippen LogP contribution in [0.2, 0.25) is 0 Å². The first-order valence-corrected chi connectivity index (χ1v) is 6.52. The fraction of sp³-hybridized carbons (Fsp3) is 0.600. The molecule has 2 rings (SSSR count). The minimum Gasteiger partial charge on any atom is -0.366 e. The van der Waals surface area contributed by atoms with Gasteiger partial charge >= 0.3 is 0 Å². The van der Waals surface area contributed by atoms with Gasteiger partial charge in [-0.25, -0.2) is 0 Å². The topological polar surface area (TPSA) is 29.3 Å². The molecule has 0 aliphatic carbocycles. The SMILES string of the molecule is CC(C)C1(C(C)C)[C@H](N)c2ccccc2N1C. The molecule has 1 aromatic rings. The Hall–Kier alpha value is -1.02. The van der Waals surface area contributed by atoms with E-state index < -0.39 is 0 Å². The Kier molecular flexibility index (Phi) is 2.94.